The lowest BCUT2D eigenvalue weighted by molar-refractivity contribution is 0.374. The monoisotopic (exact) mass is 524 g/mol. The number of piperazine rings is 1. The SMILES string of the molecule is I.NC(=NCC1CCN(c2ccncc2)CC1)N1CCN(c2ccc(F)cc2)CC1. The molecule has 1 aromatic heterocycles. The van der Waals surface area contributed by atoms with Gasteiger partial charge >= 0.3 is 0 Å². The van der Waals surface area contributed by atoms with Gasteiger partial charge in [-0.3, -0.25) is 9.98 Å². The van der Waals surface area contributed by atoms with Crippen LogP contribution in [0.1, 0.15) is 12.8 Å². The standard InChI is InChI=1S/C22H29FN6.HI/c23-19-1-3-20(4-2-19)28-13-15-29(16-14-28)22(24)26-17-18-7-11-27(12-8-18)21-5-9-25-10-6-21;/h1-6,9-10,18H,7-8,11-17H2,(H2,24,26);1H. The normalized spacial score (nSPS) is 18.3. The van der Waals surface area contributed by atoms with Crippen LogP contribution in [-0.4, -0.2) is 61.7 Å². The van der Waals surface area contributed by atoms with Crippen LogP contribution in [0, 0.1) is 11.7 Å². The molecule has 8 heteroatoms. The zero-order valence-corrected chi connectivity index (χ0v) is 19.5. The van der Waals surface area contributed by atoms with Crippen LogP contribution in [0.25, 0.3) is 0 Å². The average molecular weight is 524 g/mol. The molecule has 2 aromatic rings. The van der Waals surface area contributed by atoms with E-state index in [0.29, 0.717) is 11.9 Å². The summed E-state index contributed by atoms with van der Waals surface area (Å²) in [5, 5.41) is 0. The number of piperidine rings is 1. The fourth-order valence-corrected chi connectivity index (χ4v) is 4.10. The van der Waals surface area contributed by atoms with Crippen LogP contribution in [0.4, 0.5) is 15.8 Å². The summed E-state index contributed by atoms with van der Waals surface area (Å²) in [6.07, 6.45) is 5.97. The molecule has 0 saturated carbocycles. The van der Waals surface area contributed by atoms with E-state index in [0.717, 1.165) is 64.3 Å². The van der Waals surface area contributed by atoms with Crippen molar-refractivity contribution < 1.29 is 4.39 Å². The maximum absolute atomic E-state index is 13.1. The van der Waals surface area contributed by atoms with Gasteiger partial charge in [-0.2, -0.15) is 0 Å². The van der Waals surface area contributed by atoms with E-state index in [9.17, 15) is 4.39 Å². The molecule has 30 heavy (non-hydrogen) atoms. The van der Waals surface area contributed by atoms with E-state index in [1.807, 2.05) is 24.5 Å². The molecule has 2 aliphatic heterocycles. The van der Waals surface area contributed by atoms with E-state index in [1.165, 1.54) is 17.8 Å². The molecule has 0 atom stereocenters. The Morgan fingerprint density at radius 3 is 2.10 bits per heavy atom. The first kappa shape index (κ1) is 22.6. The van der Waals surface area contributed by atoms with Crippen molar-refractivity contribution in [3.8, 4) is 0 Å². The van der Waals surface area contributed by atoms with Crippen LogP contribution in [-0.2, 0) is 0 Å². The average Bonchev–Trinajstić information content (AvgIpc) is 2.79. The number of hydrogen-bond acceptors (Lipinski definition) is 4. The predicted octanol–water partition coefficient (Wildman–Crippen LogP) is 3.19. The van der Waals surface area contributed by atoms with E-state index < -0.39 is 0 Å². The zero-order chi connectivity index (χ0) is 20.1. The molecule has 0 amide bonds. The maximum Gasteiger partial charge on any atom is 0.191 e. The third-order valence-electron chi connectivity index (χ3n) is 5.95. The van der Waals surface area contributed by atoms with E-state index in [-0.39, 0.29) is 29.8 Å². The maximum atomic E-state index is 13.1. The first-order chi connectivity index (χ1) is 14.2. The predicted molar refractivity (Wildman–Crippen MR) is 131 cm³/mol. The van der Waals surface area contributed by atoms with Crippen molar-refractivity contribution >= 4 is 41.3 Å². The molecule has 162 valence electrons. The molecule has 6 nitrogen and oxygen atoms in total. The summed E-state index contributed by atoms with van der Waals surface area (Å²) in [4.78, 5) is 15.6. The number of nitrogens with two attached hydrogens (primary N) is 1. The molecule has 3 heterocycles. The highest BCUT2D eigenvalue weighted by atomic mass is 127. The largest absolute Gasteiger partial charge is 0.371 e. The van der Waals surface area contributed by atoms with Gasteiger partial charge in [0, 0.05) is 69.6 Å². The van der Waals surface area contributed by atoms with E-state index >= 15 is 0 Å². The number of halogens is 2. The van der Waals surface area contributed by atoms with Gasteiger partial charge in [-0.25, -0.2) is 4.39 Å². The number of nitrogens with zero attached hydrogens (tertiary/aromatic N) is 5. The summed E-state index contributed by atoms with van der Waals surface area (Å²) in [6, 6.07) is 10.8. The quantitative estimate of drug-likeness (QED) is 0.379. The fraction of sp³-hybridized carbons (Fsp3) is 0.455. The lowest BCUT2D eigenvalue weighted by Crippen LogP contribution is -2.51. The molecule has 0 aliphatic carbocycles. The van der Waals surface area contributed by atoms with Gasteiger partial charge in [-0.1, -0.05) is 0 Å². The van der Waals surface area contributed by atoms with Crippen LogP contribution in [0.5, 0.6) is 0 Å². The van der Waals surface area contributed by atoms with E-state index in [2.05, 4.69) is 31.8 Å². The van der Waals surface area contributed by atoms with Crippen LogP contribution in [0.2, 0.25) is 0 Å². The fourth-order valence-electron chi connectivity index (χ4n) is 4.10. The van der Waals surface area contributed by atoms with Gasteiger partial charge in [-0.15, -0.1) is 24.0 Å². The Labute approximate surface area is 195 Å². The van der Waals surface area contributed by atoms with Crippen molar-refractivity contribution in [2.75, 3.05) is 55.6 Å². The smallest absolute Gasteiger partial charge is 0.191 e. The van der Waals surface area contributed by atoms with Crippen molar-refractivity contribution in [2.45, 2.75) is 12.8 Å². The van der Waals surface area contributed by atoms with Gasteiger partial charge in [-0.05, 0) is 55.2 Å². The Morgan fingerprint density at radius 1 is 0.900 bits per heavy atom. The van der Waals surface area contributed by atoms with Gasteiger partial charge in [0.1, 0.15) is 5.82 Å². The lowest BCUT2D eigenvalue weighted by atomic mass is 9.97. The Balaban J connectivity index is 0.00000256. The van der Waals surface area contributed by atoms with Crippen LogP contribution in [0.15, 0.2) is 53.8 Å². The molecule has 2 N–H and O–H groups in total. The molecule has 2 saturated heterocycles. The number of aliphatic imine (C=N–C) groups is 1. The number of hydrogen-bond donors (Lipinski definition) is 1. The Morgan fingerprint density at radius 2 is 1.47 bits per heavy atom. The van der Waals surface area contributed by atoms with Crippen molar-refractivity contribution in [2.24, 2.45) is 16.6 Å². The summed E-state index contributed by atoms with van der Waals surface area (Å²) in [5.74, 6) is 1.04. The third kappa shape index (κ3) is 5.74. The first-order valence-corrected chi connectivity index (χ1v) is 10.4. The highest BCUT2D eigenvalue weighted by Crippen LogP contribution is 2.23. The molecule has 4 rings (SSSR count). The number of rotatable bonds is 4. The molecule has 0 spiro atoms. The van der Waals surface area contributed by atoms with Crippen molar-refractivity contribution in [1.29, 1.82) is 0 Å². The van der Waals surface area contributed by atoms with Crippen LogP contribution < -0.4 is 15.5 Å². The summed E-state index contributed by atoms with van der Waals surface area (Å²) in [7, 11) is 0. The lowest BCUT2D eigenvalue weighted by Gasteiger charge is -2.37. The van der Waals surface area contributed by atoms with Crippen LogP contribution in [0.3, 0.4) is 0 Å². The molecule has 0 radical (unpaired) electrons. The highest BCUT2D eigenvalue weighted by molar-refractivity contribution is 14.0. The minimum Gasteiger partial charge on any atom is -0.371 e. The molecular weight excluding hydrogens is 494 g/mol. The van der Waals surface area contributed by atoms with Gasteiger partial charge in [0.15, 0.2) is 5.96 Å². The molecule has 0 unspecified atom stereocenters. The molecule has 0 bridgehead atoms. The molecule has 2 aliphatic rings. The number of pyridine rings is 1. The van der Waals surface area contributed by atoms with Crippen molar-refractivity contribution in [1.82, 2.24) is 9.88 Å². The van der Waals surface area contributed by atoms with E-state index in [1.54, 1.807) is 0 Å². The number of benzene rings is 1. The van der Waals surface area contributed by atoms with Crippen molar-refractivity contribution in [3.63, 3.8) is 0 Å². The molecule has 2 fully saturated rings. The molecule has 1 aromatic carbocycles. The van der Waals surface area contributed by atoms with Crippen molar-refractivity contribution in [3.05, 3.63) is 54.6 Å². The zero-order valence-electron chi connectivity index (χ0n) is 17.2. The second-order valence-electron chi connectivity index (χ2n) is 7.79. The van der Waals surface area contributed by atoms with Crippen LogP contribution >= 0.6 is 24.0 Å². The van der Waals surface area contributed by atoms with E-state index in [4.69, 9.17) is 10.7 Å². The second-order valence-corrected chi connectivity index (χ2v) is 7.79. The summed E-state index contributed by atoms with van der Waals surface area (Å²) in [6.45, 7) is 6.33. The summed E-state index contributed by atoms with van der Waals surface area (Å²) < 4.78 is 13.1. The minimum absolute atomic E-state index is 0. The first-order valence-electron chi connectivity index (χ1n) is 10.4. The second kappa shape index (κ2) is 10.8. The van der Waals surface area contributed by atoms with Gasteiger partial charge in [0.05, 0.1) is 0 Å². The van der Waals surface area contributed by atoms with Gasteiger partial charge < -0.3 is 20.4 Å². The molecular formula is C22H30FIN6. The summed E-state index contributed by atoms with van der Waals surface area (Å²) in [5.41, 5.74) is 8.59. The topological polar surface area (TPSA) is 61.0 Å². The number of guanidine groups is 1. The highest BCUT2D eigenvalue weighted by Gasteiger charge is 2.21. The third-order valence-corrected chi connectivity index (χ3v) is 5.95. The number of anilines is 2. The number of aromatic nitrogens is 1. The Bertz CT molecular complexity index is 800. The van der Waals surface area contributed by atoms with Gasteiger partial charge in [0.25, 0.3) is 0 Å². The summed E-state index contributed by atoms with van der Waals surface area (Å²) >= 11 is 0. The minimum atomic E-state index is -0.199. The Kier molecular flexibility index (Phi) is 8.12. The van der Waals surface area contributed by atoms with Gasteiger partial charge in [0.2, 0.25) is 0 Å². The Hall–Kier alpha value is -2.10.